The summed E-state index contributed by atoms with van der Waals surface area (Å²) in [5, 5.41) is 9.26. The molecule has 7 heteroatoms. The van der Waals surface area contributed by atoms with Crippen LogP contribution in [0.25, 0.3) is 6.08 Å². The molecule has 0 radical (unpaired) electrons. The van der Waals surface area contributed by atoms with Crippen LogP contribution in [0.3, 0.4) is 0 Å². The van der Waals surface area contributed by atoms with Gasteiger partial charge in [-0.05, 0) is 25.8 Å². The highest BCUT2D eigenvalue weighted by Crippen LogP contribution is 2.29. The third-order valence-corrected chi connectivity index (χ3v) is 3.48. The molecule has 1 saturated heterocycles. The summed E-state index contributed by atoms with van der Waals surface area (Å²) in [6, 6.07) is 0. The Balaban J connectivity index is 2.12. The predicted molar refractivity (Wildman–Crippen MR) is 72.5 cm³/mol. The molecule has 2 rings (SSSR count). The zero-order chi connectivity index (χ0) is 14.8. The molecule has 1 aliphatic rings. The Kier molecular flexibility index (Phi) is 3.69. The van der Waals surface area contributed by atoms with Crippen molar-refractivity contribution in [2.45, 2.75) is 25.3 Å². The molecule has 0 bridgehead atoms. The lowest BCUT2D eigenvalue weighted by Crippen LogP contribution is -2.50. The number of carboxylic acid groups (broad SMARTS) is 1. The van der Waals surface area contributed by atoms with Crippen molar-refractivity contribution in [2.75, 3.05) is 12.3 Å². The maximum atomic E-state index is 12.1. The van der Waals surface area contributed by atoms with E-state index in [1.54, 1.807) is 13.0 Å². The van der Waals surface area contributed by atoms with E-state index in [0.29, 0.717) is 24.9 Å². The van der Waals surface area contributed by atoms with Gasteiger partial charge < -0.3 is 15.7 Å². The van der Waals surface area contributed by atoms with Gasteiger partial charge in [-0.3, -0.25) is 4.79 Å². The minimum Gasteiger partial charge on any atom is -0.480 e. The fraction of sp³-hybridized carbons (Fsp3) is 0.385. The SMILES string of the molecule is C[C@@]1(C(=O)O)CCCN1C(=O)/C=C/c1cnc(N)nc1. The number of anilines is 1. The summed E-state index contributed by atoms with van der Waals surface area (Å²) in [6.45, 7) is 2.02. The van der Waals surface area contributed by atoms with Crippen LogP contribution in [0.1, 0.15) is 25.3 Å². The highest BCUT2D eigenvalue weighted by Gasteiger charge is 2.45. The molecule has 0 aliphatic carbocycles. The molecule has 7 nitrogen and oxygen atoms in total. The molecule has 0 unspecified atom stereocenters. The van der Waals surface area contributed by atoms with Gasteiger partial charge in [-0.1, -0.05) is 0 Å². The summed E-state index contributed by atoms with van der Waals surface area (Å²) in [7, 11) is 0. The van der Waals surface area contributed by atoms with E-state index in [0.717, 1.165) is 0 Å². The topological polar surface area (TPSA) is 109 Å². The van der Waals surface area contributed by atoms with E-state index in [-0.39, 0.29) is 11.9 Å². The number of hydrogen-bond acceptors (Lipinski definition) is 5. The van der Waals surface area contributed by atoms with Crippen molar-refractivity contribution in [3.63, 3.8) is 0 Å². The molecule has 3 N–H and O–H groups in total. The summed E-state index contributed by atoms with van der Waals surface area (Å²) in [5.74, 6) is -1.15. The third kappa shape index (κ3) is 2.61. The van der Waals surface area contributed by atoms with Gasteiger partial charge in [0.1, 0.15) is 5.54 Å². The minimum atomic E-state index is -1.13. The third-order valence-electron chi connectivity index (χ3n) is 3.48. The van der Waals surface area contributed by atoms with E-state index in [2.05, 4.69) is 9.97 Å². The number of aromatic nitrogens is 2. The van der Waals surface area contributed by atoms with Crippen LogP contribution >= 0.6 is 0 Å². The first-order chi connectivity index (χ1) is 9.43. The Labute approximate surface area is 116 Å². The Bertz CT molecular complexity index is 555. The van der Waals surface area contributed by atoms with Crippen LogP contribution < -0.4 is 5.73 Å². The van der Waals surface area contributed by atoms with Crippen molar-refractivity contribution in [1.82, 2.24) is 14.9 Å². The van der Waals surface area contributed by atoms with E-state index in [1.165, 1.54) is 23.4 Å². The number of rotatable bonds is 3. The highest BCUT2D eigenvalue weighted by atomic mass is 16.4. The van der Waals surface area contributed by atoms with Crippen molar-refractivity contribution in [2.24, 2.45) is 0 Å². The predicted octanol–water partition coefficient (Wildman–Crippen LogP) is 0.538. The monoisotopic (exact) mass is 276 g/mol. The number of likely N-dealkylation sites (tertiary alicyclic amines) is 1. The molecule has 2 heterocycles. The fourth-order valence-corrected chi connectivity index (χ4v) is 2.23. The second-order valence-corrected chi connectivity index (χ2v) is 4.88. The van der Waals surface area contributed by atoms with Gasteiger partial charge in [0.2, 0.25) is 11.9 Å². The van der Waals surface area contributed by atoms with E-state index in [9.17, 15) is 14.7 Å². The number of nitrogens with zero attached hydrogens (tertiary/aromatic N) is 3. The highest BCUT2D eigenvalue weighted by molar-refractivity contribution is 5.96. The van der Waals surface area contributed by atoms with Crippen LogP contribution in [0, 0.1) is 0 Å². The molecule has 0 spiro atoms. The first kappa shape index (κ1) is 14.0. The smallest absolute Gasteiger partial charge is 0.329 e. The largest absolute Gasteiger partial charge is 0.480 e. The number of amides is 1. The first-order valence-electron chi connectivity index (χ1n) is 6.24. The van der Waals surface area contributed by atoms with Crippen molar-refractivity contribution < 1.29 is 14.7 Å². The molecule has 1 aromatic rings. The van der Waals surface area contributed by atoms with Gasteiger partial charge >= 0.3 is 5.97 Å². The van der Waals surface area contributed by atoms with Gasteiger partial charge in [-0.2, -0.15) is 0 Å². The maximum absolute atomic E-state index is 12.1. The summed E-state index contributed by atoms with van der Waals surface area (Å²) in [6.07, 6.45) is 7.02. The number of carbonyl (C=O) groups is 2. The van der Waals surface area contributed by atoms with E-state index in [4.69, 9.17) is 5.73 Å². The van der Waals surface area contributed by atoms with E-state index >= 15 is 0 Å². The normalized spacial score (nSPS) is 22.4. The summed E-state index contributed by atoms with van der Waals surface area (Å²) in [4.78, 5) is 32.4. The number of nitrogen functional groups attached to an aromatic ring is 1. The van der Waals surface area contributed by atoms with Gasteiger partial charge in [-0.25, -0.2) is 14.8 Å². The Morgan fingerprint density at radius 3 is 2.70 bits per heavy atom. The molecular formula is C13H16N4O3. The quantitative estimate of drug-likeness (QED) is 0.780. The van der Waals surface area contributed by atoms with Crippen LogP contribution in [-0.4, -0.2) is 43.9 Å². The van der Waals surface area contributed by atoms with E-state index < -0.39 is 11.5 Å². The average molecular weight is 276 g/mol. The molecular weight excluding hydrogens is 260 g/mol. The van der Waals surface area contributed by atoms with Crippen LogP contribution in [0.4, 0.5) is 5.95 Å². The van der Waals surface area contributed by atoms with Crippen LogP contribution in [0.15, 0.2) is 18.5 Å². The van der Waals surface area contributed by atoms with Crippen LogP contribution in [-0.2, 0) is 9.59 Å². The molecule has 1 aromatic heterocycles. The van der Waals surface area contributed by atoms with Crippen molar-refractivity contribution in [3.05, 3.63) is 24.0 Å². The average Bonchev–Trinajstić information content (AvgIpc) is 2.81. The molecule has 0 aromatic carbocycles. The zero-order valence-electron chi connectivity index (χ0n) is 11.1. The van der Waals surface area contributed by atoms with E-state index in [1.807, 2.05) is 0 Å². The summed E-state index contributed by atoms with van der Waals surface area (Å²) < 4.78 is 0. The van der Waals surface area contributed by atoms with Crippen molar-refractivity contribution in [3.8, 4) is 0 Å². The molecule has 106 valence electrons. The second kappa shape index (κ2) is 5.28. The lowest BCUT2D eigenvalue weighted by atomic mass is 9.99. The number of hydrogen-bond donors (Lipinski definition) is 2. The Morgan fingerprint density at radius 1 is 1.45 bits per heavy atom. The molecule has 1 atom stereocenters. The van der Waals surface area contributed by atoms with Crippen LogP contribution in [0.5, 0.6) is 0 Å². The van der Waals surface area contributed by atoms with Gasteiger partial charge in [0.05, 0.1) is 0 Å². The fourth-order valence-electron chi connectivity index (χ4n) is 2.23. The van der Waals surface area contributed by atoms with Crippen molar-refractivity contribution >= 4 is 23.9 Å². The maximum Gasteiger partial charge on any atom is 0.329 e. The molecule has 20 heavy (non-hydrogen) atoms. The summed E-state index contributed by atoms with van der Waals surface area (Å²) in [5.41, 5.74) is 4.87. The Hall–Kier alpha value is -2.44. The second-order valence-electron chi connectivity index (χ2n) is 4.88. The molecule has 1 aliphatic heterocycles. The summed E-state index contributed by atoms with van der Waals surface area (Å²) >= 11 is 0. The lowest BCUT2D eigenvalue weighted by Gasteiger charge is -2.30. The lowest BCUT2D eigenvalue weighted by molar-refractivity contribution is -0.153. The first-order valence-corrected chi connectivity index (χ1v) is 6.24. The number of aliphatic carboxylic acids is 1. The van der Waals surface area contributed by atoms with Crippen LogP contribution in [0.2, 0.25) is 0 Å². The van der Waals surface area contributed by atoms with Gasteiger partial charge in [0.25, 0.3) is 0 Å². The van der Waals surface area contributed by atoms with Crippen molar-refractivity contribution in [1.29, 1.82) is 0 Å². The van der Waals surface area contributed by atoms with Gasteiger partial charge in [-0.15, -0.1) is 0 Å². The zero-order valence-corrected chi connectivity index (χ0v) is 11.1. The Morgan fingerprint density at radius 2 is 2.10 bits per heavy atom. The number of nitrogens with two attached hydrogens (primary N) is 1. The van der Waals surface area contributed by atoms with Gasteiger partial charge in [0, 0.05) is 30.6 Å². The minimum absolute atomic E-state index is 0.159. The number of carbonyl (C=O) groups excluding carboxylic acids is 1. The standard InChI is InChI=1S/C13H16N4O3/c1-13(11(19)20)5-2-6-17(13)10(18)4-3-9-7-15-12(14)16-8-9/h3-4,7-8H,2,5-6H2,1H3,(H,19,20)(H2,14,15,16)/b4-3+/t13-/m0/s1. The number of carboxylic acids is 1. The molecule has 0 saturated carbocycles. The molecule has 1 amide bonds. The van der Waals surface area contributed by atoms with Gasteiger partial charge in [0.15, 0.2) is 0 Å². The molecule has 1 fully saturated rings.